The van der Waals surface area contributed by atoms with Crippen molar-refractivity contribution in [2.45, 2.75) is 52.0 Å². The van der Waals surface area contributed by atoms with E-state index in [0.29, 0.717) is 11.0 Å². The largest absolute Gasteiger partial charge is 0.389 e. The highest BCUT2D eigenvalue weighted by atomic mass is 32.1. The molecule has 2 fully saturated rings. The van der Waals surface area contributed by atoms with E-state index in [0.717, 1.165) is 35.1 Å². The van der Waals surface area contributed by atoms with Crippen LogP contribution < -0.4 is 10.6 Å². The highest BCUT2D eigenvalue weighted by Gasteiger charge is 2.37. The van der Waals surface area contributed by atoms with Crippen molar-refractivity contribution in [3.8, 4) is 0 Å². The fraction of sp³-hybridized carbons (Fsp3) is 0.667. The number of nitrogens with two attached hydrogens (primary N) is 1. The third-order valence-corrected chi connectivity index (χ3v) is 5.15. The van der Waals surface area contributed by atoms with E-state index in [1.165, 1.54) is 32.1 Å². The normalized spacial score (nSPS) is 25.6. The van der Waals surface area contributed by atoms with E-state index in [1.54, 1.807) is 0 Å². The zero-order chi connectivity index (χ0) is 14.3. The van der Waals surface area contributed by atoms with Gasteiger partial charge in [0.05, 0.1) is 11.3 Å². The van der Waals surface area contributed by atoms with E-state index in [4.69, 9.17) is 18.0 Å². The molecule has 20 heavy (non-hydrogen) atoms. The van der Waals surface area contributed by atoms with Crippen LogP contribution in [-0.2, 0) is 0 Å². The zero-order valence-electron chi connectivity index (χ0n) is 12.2. The highest BCUT2D eigenvalue weighted by Crippen LogP contribution is 2.39. The fourth-order valence-electron chi connectivity index (χ4n) is 3.81. The Morgan fingerprint density at radius 3 is 2.70 bits per heavy atom. The Kier molecular flexibility index (Phi) is 3.63. The molecule has 3 rings (SSSR count). The number of nitrogens with zero attached hydrogens (tertiary/aromatic N) is 3. The summed E-state index contributed by atoms with van der Waals surface area (Å²) in [6, 6.07) is 0.605. The lowest BCUT2D eigenvalue weighted by atomic mass is 9.91. The molecule has 4 nitrogen and oxygen atoms in total. The first-order chi connectivity index (χ1) is 9.59. The Bertz CT molecular complexity index is 543. The van der Waals surface area contributed by atoms with Gasteiger partial charge < -0.3 is 10.6 Å². The van der Waals surface area contributed by atoms with Crippen molar-refractivity contribution in [1.82, 2.24) is 10.2 Å². The molecule has 0 aromatic carbocycles. The number of anilines is 1. The van der Waals surface area contributed by atoms with Crippen molar-refractivity contribution in [2.75, 3.05) is 11.4 Å². The van der Waals surface area contributed by atoms with E-state index in [-0.39, 0.29) is 0 Å². The number of aromatic nitrogens is 2. The standard InChI is InChI=1S/C15H22N4S/c1-9-10(2)17-18-15(13(9)14(16)20)19-8-4-6-11-5-3-7-12(11)19/h11-12H,3-8H2,1-2H3,(H2,16,20). The fourth-order valence-corrected chi connectivity index (χ4v) is 4.05. The predicted molar refractivity (Wildman–Crippen MR) is 85.1 cm³/mol. The second kappa shape index (κ2) is 5.28. The Labute approximate surface area is 125 Å². The van der Waals surface area contributed by atoms with Crippen molar-refractivity contribution in [3.05, 3.63) is 16.8 Å². The summed E-state index contributed by atoms with van der Waals surface area (Å²) in [5.74, 6) is 1.73. The first-order valence-corrected chi connectivity index (χ1v) is 7.90. The lowest BCUT2D eigenvalue weighted by Gasteiger charge is -2.39. The maximum absolute atomic E-state index is 5.97. The number of fused-ring (bicyclic) bond motifs is 1. The van der Waals surface area contributed by atoms with Gasteiger partial charge in [-0.15, -0.1) is 5.10 Å². The molecule has 1 saturated carbocycles. The van der Waals surface area contributed by atoms with E-state index >= 15 is 0 Å². The number of hydrogen-bond donors (Lipinski definition) is 1. The van der Waals surface area contributed by atoms with E-state index < -0.39 is 0 Å². The molecule has 1 aromatic heterocycles. The third kappa shape index (κ3) is 2.18. The molecule has 1 aliphatic carbocycles. The number of aryl methyl sites for hydroxylation is 1. The summed E-state index contributed by atoms with van der Waals surface area (Å²) < 4.78 is 0. The number of rotatable bonds is 2. The van der Waals surface area contributed by atoms with Crippen LogP contribution in [0.25, 0.3) is 0 Å². The monoisotopic (exact) mass is 290 g/mol. The van der Waals surface area contributed by atoms with Gasteiger partial charge in [0.1, 0.15) is 4.99 Å². The molecule has 2 unspecified atom stereocenters. The topological polar surface area (TPSA) is 55.0 Å². The summed E-state index contributed by atoms with van der Waals surface area (Å²) in [5, 5.41) is 8.76. The van der Waals surface area contributed by atoms with Gasteiger partial charge >= 0.3 is 0 Å². The lowest BCUT2D eigenvalue weighted by Crippen LogP contribution is -2.44. The molecular formula is C15H22N4S. The second-order valence-corrected chi connectivity index (χ2v) is 6.51. The van der Waals surface area contributed by atoms with Crippen molar-refractivity contribution in [1.29, 1.82) is 0 Å². The van der Waals surface area contributed by atoms with Crippen LogP contribution in [-0.4, -0.2) is 27.8 Å². The van der Waals surface area contributed by atoms with Gasteiger partial charge in [-0.1, -0.05) is 18.6 Å². The predicted octanol–water partition coefficient (Wildman–Crippen LogP) is 2.50. The van der Waals surface area contributed by atoms with Crippen LogP contribution in [0.15, 0.2) is 0 Å². The molecular weight excluding hydrogens is 268 g/mol. The molecule has 108 valence electrons. The molecule has 0 radical (unpaired) electrons. The van der Waals surface area contributed by atoms with Crippen molar-refractivity contribution >= 4 is 23.0 Å². The summed E-state index contributed by atoms with van der Waals surface area (Å²) in [7, 11) is 0. The molecule has 2 heterocycles. The molecule has 0 bridgehead atoms. The number of hydrogen-bond acceptors (Lipinski definition) is 4. The van der Waals surface area contributed by atoms with Gasteiger partial charge in [0, 0.05) is 12.6 Å². The number of thiocarbonyl (C=S) groups is 1. The van der Waals surface area contributed by atoms with Gasteiger partial charge in [-0.05, 0) is 51.0 Å². The van der Waals surface area contributed by atoms with Crippen LogP contribution in [0.4, 0.5) is 5.82 Å². The average molecular weight is 290 g/mol. The van der Waals surface area contributed by atoms with Gasteiger partial charge in [-0.2, -0.15) is 5.10 Å². The Morgan fingerprint density at radius 1 is 1.20 bits per heavy atom. The van der Waals surface area contributed by atoms with Crippen LogP contribution in [0, 0.1) is 19.8 Å². The molecule has 5 heteroatoms. The average Bonchev–Trinajstić information content (AvgIpc) is 2.89. The molecule has 2 atom stereocenters. The molecule has 2 N–H and O–H groups in total. The van der Waals surface area contributed by atoms with Crippen LogP contribution in [0.1, 0.15) is 48.9 Å². The summed E-state index contributed by atoms with van der Waals surface area (Å²) >= 11 is 5.27. The summed E-state index contributed by atoms with van der Waals surface area (Å²) in [6.45, 7) is 5.05. The maximum Gasteiger partial charge on any atom is 0.162 e. The smallest absolute Gasteiger partial charge is 0.162 e. The van der Waals surface area contributed by atoms with Crippen molar-refractivity contribution < 1.29 is 0 Å². The minimum Gasteiger partial charge on any atom is -0.389 e. The molecule has 0 amide bonds. The zero-order valence-corrected chi connectivity index (χ0v) is 13.0. The third-order valence-electron chi connectivity index (χ3n) is 4.95. The Balaban J connectivity index is 2.05. The lowest BCUT2D eigenvalue weighted by molar-refractivity contribution is 0.359. The molecule has 1 aromatic rings. The first-order valence-electron chi connectivity index (χ1n) is 7.50. The molecule has 0 spiro atoms. The Hall–Kier alpha value is -1.23. The van der Waals surface area contributed by atoms with Crippen molar-refractivity contribution in [3.63, 3.8) is 0 Å². The minimum absolute atomic E-state index is 0.440. The number of piperidine rings is 1. The van der Waals surface area contributed by atoms with Crippen LogP contribution >= 0.6 is 12.2 Å². The van der Waals surface area contributed by atoms with Crippen molar-refractivity contribution in [2.24, 2.45) is 11.7 Å². The molecule has 1 saturated heterocycles. The Morgan fingerprint density at radius 2 is 1.95 bits per heavy atom. The summed E-state index contributed by atoms with van der Waals surface area (Å²) in [5.41, 5.74) is 8.88. The maximum atomic E-state index is 5.97. The van der Waals surface area contributed by atoms with Crippen LogP contribution in [0.2, 0.25) is 0 Å². The van der Waals surface area contributed by atoms with Gasteiger partial charge in [0.15, 0.2) is 5.82 Å². The molecule has 1 aliphatic heterocycles. The summed E-state index contributed by atoms with van der Waals surface area (Å²) in [4.78, 5) is 2.87. The minimum atomic E-state index is 0.440. The first kappa shape index (κ1) is 13.7. The molecule has 2 aliphatic rings. The second-order valence-electron chi connectivity index (χ2n) is 6.07. The van der Waals surface area contributed by atoms with Crippen LogP contribution in [0.5, 0.6) is 0 Å². The summed E-state index contributed by atoms with van der Waals surface area (Å²) in [6.07, 6.45) is 6.51. The van der Waals surface area contributed by atoms with E-state index in [9.17, 15) is 0 Å². The SMILES string of the molecule is Cc1nnc(N2CCCC3CCCC32)c(C(N)=S)c1C. The quantitative estimate of drug-likeness (QED) is 0.848. The highest BCUT2D eigenvalue weighted by molar-refractivity contribution is 7.80. The van der Waals surface area contributed by atoms with Gasteiger partial charge in [-0.25, -0.2) is 0 Å². The van der Waals surface area contributed by atoms with Gasteiger partial charge in [0.2, 0.25) is 0 Å². The van der Waals surface area contributed by atoms with Gasteiger partial charge in [-0.3, -0.25) is 0 Å². The van der Waals surface area contributed by atoms with E-state index in [2.05, 4.69) is 15.1 Å². The van der Waals surface area contributed by atoms with Crippen LogP contribution in [0.3, 0.4) is 0 Å². The van der Waals surface area contributed by atoms with E-state index in [1.807, 2.05) is 13.8 Å². The van der Waals surface area contributed by atoms with Gasteiger partial charge in [0.25, 0.3) is 0 Å².